The van der Waals surface area contributed by atoms with Crippen molar-refractivity contribution < 1.29 is 9.90 Å². The summed E-state index contributed by atoms with van der Waals surface area (Å²) in [6.07, 6.45) is 2.76. The molecule has 1 aromatic rings. The molecule has 1 fully saturated rings. The molecule has 0 bridgehead atoms. The summed E-state index contributed by atoms with van der Waals surface area (Å²) < 4.78 is 0. The van der Waals surface area contributed by atoms with Crippen LogP contribution in [0.15, 0.2) is 30.3 Å². The highest BCUT2D eigenvalue weighted by Crippen LogP contribution is 2.15. The number of rotatable bonds is 4. The van der Waals surface area contributed by atoms with E-state index < -0.39 is 12.1 Å². The van der Waals surface area contributed by atoms with Crippen molar-refractivity contribution in [2.45, 2.75) is 25.4 Å². The van der Waals surface area contributed by atoms with Gasteiger partial charge in [-0.1, -0.05) is 24.6 Å². The second-order valence-electron chi connectivity index (χ2n) is 4.35. The van der Waals surface area contributed by atoms with E-state index in [2.05, 4.69) is 5.32 Å². The quantitative estimate of drug-likeness (QED) is 0.836. The molecule has 0 spiro atoms. The van der Waals surface area contributed by atoms with E-state index in [1.165, 1.54) is 6.42 Å². The van der Waals surface area contributed by atoms with E-state index in [1.54, 1.807) is 0 Å². The van der Waals surface area contributed by atoms with Crippen LogP contribution in [0, 0.1) is 0 Å². The highest BCUT2D eigenvalue weighted by molar-refractivity contribution is 5.76. The molecule has 1 saturated heterocycles. The van der Waals surface area contributed by atoms with Gasteiger partial charge in [0.25, 0.3) is 0 Å². The van der Waals surface area contributed by atoms with Crippen molar-refractivity contribution in [3.8, 4) is 0 Å². The number of carbonyl (C=O) groups is 1. The first kappa shape index (κ1) is 11.9. The summed E-state index contributed by atoms with van der Waals surface area (Å²) in [4.78, 5) is 13.3. The number of carboxylic acid groups (broad SMARTS) is 1. The SMILES string of the molecule is O=C(O)C(Nc1ccccc1)N1CCCCC1. The average Bonchev–Trinajstić information content (AvgIpc) is 2.38. The van der Waals surface area contributed by atoms with Gasteiger partial charge < -0.3 is 10.4 Å². The number of hydrogen-bond donors (Lipinski definition) is 2. The second-order valence-corrected chi connectivity index (χ2v) is 4.35. The van der Waals surface area contributed by atoms with Gasteiger partial charge in [0.2, 0.25) is 0 Å². The summed E-state index contributed by atoms with van der Waals surface area (Å²) in [5.41, 5.74) is 0.852. The average molecular weight is 234 g/mol. The van der Waals surface area contributed by atoms with Crippen molar-refractivity contribution in [1.82, 2.24) is 4.90 Å². The lowest BCUT2D eigenvalue weighted by atomic mass is 10.1. The normalized spacial score (nSPS) is 18.6. The summed E-state index contributed by atoms with van der Waals surface area (Å²) in [7, 11) is 0. The third-order valence-corrected chi connectivity index (χ3v) is 3.07. The monoisotopic (exact) mass is 234 g/mol. The van der Waals surface area contributed by atoms with Gasteiger partial charge in [-0.25, -0.2) is 4.79 Å². The molecule has 92 valence electrons. The van der Waals surface area contributed by atoms with Crippen molar-refractivity contribution in [2.24, 2.45) is 0 Å². The predicted octanol–water partition coefficient (Wildman–Crippen LogP) is 2.00. The lowest BCUT2D eigenvalue weighted by molar-refractivity contribution is -0.142. The van der Waals surface area contributed by atoms with Crippen molar-refractivity contribution in [1.29, 1.82) is 0 Å². The standard InChI is InChI=1S/C13H18N2O2/c16-13(17)12(15-9-5-2-6-10-15)14-11-7-3-1-4-8-11/h1,3-4,7-8,12,14H,2,5-6,9-10H2,(H,16,17). The highest BCUT2D eigenvalue weighted by atomic mass is 16.4. The van der Waals surface area contributed by atoms with Crippen LogP contribution in [0.4, 0.5) is 5.69 Å². The fourth-order valence-corrected chi connectivity index (χ4v) is 2.18. The molecule has 4 nitrogen and oxygen atoms in total. The molecule has 1 heterocycles. The molecular weight excluding hydrogens is 216 g/mol. The Kier molecular flexibility index (Phi) is 3.98. The Hall–Kier alpha value is -1.55. The van der Waals surface area contributed by atoms with Crippen molar-refractivity contribution in [3.63, 3.8) is 0 Å². The molecule has 0 aromatic heterocycles. The fourth-order valence-electron chi connectivity index (χ4n) is 2.18. The molecule has 1 aromatic carbocycles. The van der Waals surface area contributed by atoms with Gasteiger partial charge in [-0.15, -0.1) is 0 Å². The van der Waals surface area contributed by atoms with Crippen molar-refractivity contribution >= 4 is 11.7 Å². The van der Waals surface area contributed by atoms with E-state index in [1.807, 2.05) is 35.2 Å². The zero-order chi connectivity index (χ0) is 12.1. The molecule has 4 heteroatoms. The molecule has 1 aliphatic rings. The van der Waals surface area contributed by atoms with Gasteiger partial charge in [0, 0.05) is 18.8 Å². The van der Waals surface area contributed by atoms with Crippen LogP contribution >= 0.6 is 0 Å². The molecule has 2 N–H and O–H groups in total. The molecule has 1 unspecified atom stereocenters. The maximum absolute atomic E-state index is 11.3. The summed E-state index contributed by atoms with van der Waals surface area (Å²) in [6, 6.07) is 9.50. The minimum absolute atomic E-state index is 0.613. The number of nitrogens with zero attached hydrogens (tertiary/aromatic N) is 1. The van der Waals surface area contributed by atoms with Crippen LogP contribution in [0.3, 0.4) is 0 Å². The molecule has 0 aliphatic carbocycles. The molecule has 1 atom stereocenters. The summed E-state index contributed by atoms with van der Waals surface area (Å²) >= 11 is 0. The third kappa shape index (κ3) is 3.20. The summed E-state index contributed by atoms with van der Waals surface area (Å²) in [5.74, 6) is -0.809. The number of anilines is 1. The molecule has 2 rings (SSSR count). The van der Waals surface area contributed by atoms with E-state index in [4.69, 9.17) is 0 Å². The number of likely N-dealkylation sites (tertiary alicyclic amines) is 1. The Balaban J connectivity index is 2.04. The first-order valence-corrected chi connectivity index (χ1v) is 6.06. The highest BCUT2D eigenvalue weighted by Gasteiger charge is 2.26. The van der Waals surface area contributed by atoms with Gasteiger partial charge >= 0.3 is 5.97 Å². The Morgan fingerprint density at radius 1 is 1.18 bits per heavy atom. The lowest BCUT2D eigenvalue weighted by Crippen LogP contribution is -2.48. The van der Waals surface area contributed by atoms with Gasteiger partial charge in [0.05, 0.1) is 0 Å². The molecule has 1 aliphatic heterocycles. The number of aliphatic carboxylic acids is 1. The zero-order valence-corrected chi connectivity index (χ0v) is 9.80. The molecule has 0 saturated carbocycles. The Morgan fingerprint density at radius 2 is 1.82 bits per heavy atom. The second kappa shape index (κ2) is 5.68. The van der Waals surface area contributed by atoms with Crippen molar-refractivity contribution in [3.05, 3.63) is 30.3 Å². The minimum atomic E-state index is -0.809. The van der Waals surface area contributed by atoms with E-state index >= 15 is 0 Å². The van der Waals surface area contributed by atoms with Crippen LogP contribution in [0.5, 0.6) is 0 Å². The maximum Gasteiger partial charge on any atom is 0.341 e. The van der Waals surface area contributed by atoms with Gasteiger partial charge in [0.1, 0.15) is 0 Å². The lowest BCUT2D eigenvalue weighted by Gasteiger charge is -2.32. The third-order valence-electron chi connectivity index (χ3n) is 3.07. The van der Waals surface area contributed by atoms with E-state index in [9.17, 15) is 9.90 Å². The smallest absolute Gasteiger partial charge is 0.341 e. The Bertz CT molecular complexity index is 361. The molecule has 17 heavy (non-hydrogen) atoms. The molecular formula is C13H18N2O2. The van der Waals surface area contributed by atoms with E-state index in [-0.39, 0.29) is 0 Å². The van der Waals surface area contributed by atoms with Crippen LogP contribution in [-0.4, -0.2) is 35.2 Å². The Labute approximate surface area is 101 Å². The van der Waals surface area contributed by atoms with Crippen LogP contribution in [-0.2, 0) is 4.79 Å². The first-order chi connectivity index (χ1) is 8.27. The minimum Gasteiger partial charge on any atom is -0.479 e. The van der Waals surface area contributed by atoms with Crippen LogP contribution in [0.2, 0.25) is 0 Å². The first-order valence-electron chi connectivity index (χ1n) is 6.06. The van der Waals surface area contributed by atoms with Crippen LogP contribution < -0.4 is 5.32 Å². The van der Waals surface area contributed by atoms with Gasteiger partial charge in [0.15, 0.2) is 6.17 Å². The molecule has 0 radical (unpaired) electrons. The number of benzene rings is 1. The number of para-hydroxylation sites is 1. The maximum atomic E-state index is 11.3. The van der Waals surface area contributed by atoms with E-state index in [0.717, 1.165) is 31.6 Å². The number of hydrogen-bond acceptors (Lipinski definition) is 3. The predicted molar refractivity (Wildman–Crippen MR) is 66.9 cm³/mol. The van der Waals surface area contributed by atoms with Gasteiger partial charge in [-0.05, 0) is 25.0 Å². The van der Waals surface area contributed by atoms with E-state index in [0.29, 0.717) is 0 Å². The van der Waals surface area contributed by atoms with Crippen molar-refractivity contribution in [2.75, 3.05) is 18.4 Å². The van der Waals surface area contributed by atoms with Crippen LogP contribution in [0.25, 0.3) is 0 Å². The molecule has 0 amide bonds. The summed E-state index contributed by atoms with van der Waals surface area (Å²) in [6.45, 7) is 1.72. The largest absolute Gasteiger partial charge is 0.479 e. The zero-order valence-electron chi connectivity index (χ0n) is 9.80. The fraction of sp³-hybridized carbons (Fsp3) is 0.462. The Morgan fingerprint density at radius 3 is 2.41 bits per heavy atom. The number of nitrogens with one attached hydrogen (secondary N) is 1. The topological polar surface area (TPSA) is 52.6 Å². The number of carboxylic acids is 1. The van der Waals surface area contributed by atoms with Gasteiger partial charge in [-0.2, -0.15) is 0 Å². The summed E-state index contributed by atoms with van der Waals surface area (Å²) in [5, 5.41) is 12.4. The van der Waals surface area contributed by atoms with Gasteiger partial charge in [-0.3, -0.25) is 4.90 Å². The van der Waals surface area contributed by atoms with Crippen LogP contribution in [0.1, 0.15) is 19.3 Å². The number of piperidine rings is 1.